The molecular weight excluding hydrogens is 268 g/mol. The van der Waals surface area contributed by atoms with Gasteiger partial charge in [-0.2, -0.15) is 5.10 Å². The van der Waals surface area contributed by atoms with Crippen molar-refractivity contribution in [3.05, 3.63) is 18.0 Å². The van der Waals surface area contributed by atoms with E-state index in [4.69, 9.17) is 4.74 Å². The highest BCUT2D eigenvalue weighted by Crippen LogP contribution is 2.37. The molecule has 2 aliphatic rings. The molecular formula is C16H24N2O3. The van der Waals surface area contributed by atoms with Crippen LogP contribution < -0.4 is 0 Å². The monoisotopic (exact) mass is 292 g/mol. The Bertz CT molecular complexity index is 503. The Morgan fingerprint density at radius 2 is 2.14 bits per heavy atom. The van der Waals surface area contributed by atoms with E-state index >= 15 is 0 Å². The van der Waals surface area contributed by atoms with Crippen LogP contribution >= 0.6 is 0 Å². The Morgan fingerprint density at radius 1 is 1.43 bits per heavy atom. The Kier molecular flexibility index (Phi) is 4.02. The molecule has 3 rings (SSSR count). The van der Waals surface area contributed by atoms with Crippen molar-refractivity contribution < 1.29 is 14.6 Å². The van der Waals surface area contributed by atoms with Crippen molar-refractivity contribution in [2.24, 2.45) is 5.92 Å². The molecule has 5 heteroatoms. The number of aliphatic carboxylic acids is 1. The van der Waals surface area contributed by atoms with Crippen molar-refractivity contribution in [1.29, 1.82) is 0 Å². The predicted octanol–water partition coefficient (Wildman–Crippen LogP) is 2.77. The number of carboxylic acid groups (broad SMARTS) is 1. The SMILES string of the molecule is CC(CC1CCOCC1)(C(=O)O)n1cc(C2CCC2)cn1. The summed E-state index contributed by atoms with van der Waals surface area (Å²) in [4.78, 5) is 11.9. The van der Waals surface area contributed by atoms with Crippen LogP contribution in [0.4, 0.5) is 0 Å². The van der Waals surface area contributed by atoms with E-state index in [0.29, 0.717) is 18.3 Å². The fourth-order valence-corrected chi connectivity index (χ4v) is 3.35. The smallest absolute Gasteiger partial charge is 0.331 e. The van der Waals surface area contributed by atoms with Gasteiger partial charge in [0.2, 0.25) is 0 Å². The van der Waals surface area contributed by atoms with E-state index in [1.54, 1.807) is 11.6 Å². The van der Waals surface area contributed by atoms with Crippen molar-refractivity contribution in [1.82, 2.24) is 9.78 Å². The van der Waals surface area contributed by atoms with Gasteiger partial charge in [-0.15, -0.1) is 0 Å². The molecule has 1 saturated carbocycles. The molecule has 1 N–H and O–H groups in total. The Labute approximate surface area is 125 Å². The molecule has 2 heterocycles. The van der Waals surface area contributed by atoms with Crippen LogP contribution in [0.5, 0.6) is 0 Å². The lowest BCUT2D eigenvalue weighted by Crippen LogP contribution is -2.42. The third-order valence-corrected chi connectivity index (χ3v) is 5.17. The molecule has 0 spiro atoms. The number of carbonyl (C=O) groups is 1. The van der Waals surface area contributed by atoms with Crippen molar-refractivity contribution in [2.75, 3.05) is 13.2 Å². The van der Waals surface area contributed by atoms with Gasteiger partial charge >= 0.3 is 5.97 Å². The van der Waals surface area contributed by atoms with Crippen molar-refractivity contribution in [3.63, 3.8) is 0 Å². The number of ether oxygens (including phenoxy) is 1. The molecule has 1 aromatic heterocycles. The average Bonchev–Trinajstić information content (AvgIpc) is 2.87. The normalized spacial score (nSPS) is 23.5. The Morgan fingerprint density at radius 3 is 2.71 bits per heavy atom. The summed E-state index contributed by atoms with van der Waals surface area (Å²) in [6.45, 7) is 3.28. The molecule has 1 aliphatic heterocycles. The fraction of sp³-hybridized carbons (Fsp3) is 0.750. The van der Waals surface area contributed by atoms with Crippen LogP contribution in [0.15, 0.2) is 12.4 Å². The van der Waals surface area contributed by atoms with Crippen LogP contribution in [0.25, 0.3) is 0 Å². The highest BCUT2D eigenvalue weighted by Gasteiger charge is 2.39. The van der Waals surface area contributed by atoms with Crippen LogP contribution in [0.1, 0.15) is 56.9 Å². The first-order chi connectivity index (χ1) is 10.1. The molecule has 2 fully saturated rings. The lowest BCUT2D eigenvalue weighted by molar-refractivity contribution is -0.148. The van der Waals surface area contributed by atoms with Crippen LogP contribution in [0, 0.1) is 5.92 Å². The van der Waals surface area contributed by atoms with Crippen LogP contribution in [0.3, 0.4) is 0 Å². The lowest BCUT2D eigenvalue weighted by Gasteiger charge is -2.32. The maximum Gasteiger partial charge on any atom is 0.331 e. The van der Waals surface area contributed by atoms with Gasteiger partial charge in [0.25, 0.3) is 0 Å². The fourth-order valence-electron chi connectivity index (χ4n) is 3.35. The third kappa shape index (κ3) is 2.84. The zero-order chi connectivity index (χ0) is 14.9. The topological polar surface area (TPSA) is 64.3 Å². The summed E-state index contributed by atoms with van der Waals surface area (Å²) in [6.07, 6.45) is 10.0. The third-order valence-electron chi connectivity index (χ3n) is 5.17. The quantitative estimate of drug-likeness (QED) is 0.906. The Balaban J connectivity index is 1.78. The summed E-state index contributed by atoms with van der Waals surface area (Å²) in [5.74, 6) is 0.188. The van der Waals surface area contributed by atoms with Gasteiger partial charge in [-0.1, -0.05) is 6.42 Å². The van der Waals surface area contributed by atoms with Crippen LogP contribution in [0.2, 0.25) is 0 Å². The van der Waals surface area contributed by atoms with Gasteiger partial charge in [0, 0.05) is 19.4 Å². The molecule has 0 amide bonds. The number of nitrogens with zero attached hydrogens (tertiary/aromatic N) is 2. The van der Waals surface area contributed by atoms with E-state index in [1.165, 1.54) is 24.8 Å². The number of hydrogen-bond donors (Lipinski definition) is 1. The lowest BCUT2D eigenvalue weighted by atomic mass is 9.81. The van der Waals surface area contributed by atoms with E-state index < -0.39 is 11.5 Å². The number of rotatable bonds is 5. The van der Waals surface area contributed by atoms with E-state index in [-0.39, 0.29) is 0 Å². The van der Waals surface area contributed by atoms with Crippen molar-refractivity contribution >= 4 is 5.97 Å². The number of carboxylic acids is 1. The molecule has 1 aromatic rings. The summed E-state index contributed by atoms with van der Waals surface area (Å²) < 4.78 is 7.05. The average molecular weight is 292 g/mol. The van der Waals surface area contributed by atoms with Gasteiger partial charge in [0.15, 0.2) is 5.54 Å². The standard InChI is InChI=1S/C16H24N2O3/c1-16(15(19)20,9-12-5-7-21-8-6-12)18-11-14(10-17-18)13-3-2-4-13/h10-13H,2-9H2,1H3,(H,19,20). The molecule has 0 aromatic carbocycles. The molecule has 1 unspecified atom stereocenters. The summed E-state index contributed by atoms with van der Waals surface area (Å²) in [5, 5.41) is 14.1. The second kappa shape index (κ2) is 5.79. The number of hydrogen-bond acceptors (Lipinski definition) is 3. The summed E-state index contributed by atoms with van der Waals surface area (Å²) in [6, 6.07) is 0. The zero-order valence-electron chi connectivity index (χ0n) is 12.6. The van der Waals surface area contributed by atoms with Crippen LogP contribution in [-0.4, -0.2) is 34.1 Å². The highest BCUT2D eigenvalue weighted by atomic mass is 16.5. The minimum Gasteiger partial charge on any atom is -0.479 e. The predicted molar refractivity (Wildman–Crippen MR) is 78.3 cm³/mol. The summed E-state index contributed by atoms with van der Waals surface area (Å²) >= 11 is 0. The van der Waals surface area contributed by atoms with E-state index in [9.17, 15) is 9.90 Å². The minimum absolute atomic E-state index is 0.399. The number of aromatic nitrogens is 2. The van der Waals surface area contributed by atoms with Gasteiger partial charge in [-0.05, 0) is 56.4 Å². The molecule has 1 aliphatic carbocycles. The zero-order valence-corrected chi connectivity index (χ0v) is 12.6. The van der Waals surface area contributed by atoms with Gasteiger partial charge in [0.1, 0.15) is 0 Å². The van der Waals surface area contributed by atoms with E-state index in [2.05, 4.69) is 5.10 Å². The van der Waals surface area contributed by atoms with E-state index in [1.807, 2.05) is 12.4 Å². The molecule has 0 bridgehead atoms. The molecule has 1 atom stereocenters. The first-order valence-electron chi connectivity index (χ1n) is 7.96. The van der Waals surface area contributed by atoms with Gasteiger partial charge in [0.05, 0.1) is 6.20 Å². The molecule has 21 heavy (non-hydrogen) atoms. The first kappa shape index (κ1) is 14.6. The van der Waals surface area contributed by atoms with Crippen molar-refractivity contribution in [3.8, 4) is 0 Å². The highest BCUT2D eigenvalue weighted by molar-refractivity contribution is 5.76. The van der Waals surface area contributed by atoms with E-state index in [0.717, 1.165) is 26.1 Å². The largest absolute Gasteiger partial charge is 0.479 e. The first-order valence-corrected chi connectivity index (χ1v) is 7.96. The second-order valence-corrected chi connectivity index (χ2v) is 6.68. The van der Waals surface area contributed by atoms with Gasteiger partial charge in [-0.25, -0.2) is 4.79 Å². The molecule has 116 valence electrons. The minimum atomic E-state index is -0.954. The van der Waals surface area contributed by atoms with Crippen LogP contribution in [-0.2, 0) is 15.1 Å². The van der Waals surface area contributed by atoms with Crippen molar-refractivity contribution in [2.45, 2.75) is 56.9 Å². The van der Waals surface area contributed by atoms with Gasteiger partial charge < -0.3 is 9.84 Å². The van der Waals surface area contributed by atoms with Gasteiger partial charge in [-0.3, -0.25) is 4.68 Å². The summed E-state index contributed by atoms with van der Waals surface area (Å²) in [7, 11) is 0. The summed E-state index contributed by atoms with van der Waals surface area (Å²) in [5.41, 5.74) is 0.241. The molecule has 0 radical (unpaired) electrons. The molecule has 1 saturated heterocycles. The molecule has 5 nitrogen and oxygen atoms in total. The maximum atomic E-state index is 11.9. The Hall–Kier alpha value is -1.36. The maximum absolute atomic E-state index is 11.9. The second-order valence-electron chi connectivity index (χ2n) is 6.68.